The maximum Gasteiger partial charge on any atom is 0.307 e. The van der Waals surface area contributed by atoms with Gasteiger partial charge in [0, 0.05) is 16.3 Å². The lowest BCUT2D eigenvalue weighted by molar-refractivity contribution is -0.146. The molecule has 0 aromatic heterocycles. The van der Waals surface area contributed by atoms with Crippen molar-refractivity contribution in [3.8, 4) is 0 Å². The number of sulfonamides is 1. The third-order valence-corrected chi connectivity index (χ3v) is 8.45. The molecule has 0 heterocycles. The van der Waals surface area contributed by atoms with E-state index in [0.717, 1.165) is 10.5 Å². The van der Waals surface area contributed by atoms with Crippen molar-refractivity contribution >= 4 is 50.9 Å². The quantitative estimate of drug-likeness (QED) is 0.221. The number of carbonyl (C=O) groups is 3. The lowest BCUT2D eigenvalue weighted by Crippen LogP contribution is -2.34. The molecule has 0 saturated heterocycles. The normalized spacial score (nSPS) is 17.7. The van der Waals surface area contributed by atoms with Gasteiger partial charge in [0.05, 0.1) is 16.7 Å². The summed E-state index contributed by atoms with van der Waals surface area (Å²) in [6, 6.07) is 21.8. The van der Waals surface area contributed by atoms with Gasteiger partial charge in [-0.2, -0.15) is 0 Å². The fraction of sp³-hybridized carbons (Fsp3) is 0.179. The first-order chi connectivity index (χ1) is 18.6. The number of nitrogens with two attached hydrogens (primary N) is 1. The molecule has 1 aliphatic rings. The Morgan fingerprint density at radius 1 is 0.821 bits per heavy atom. The molecule has 3 aromatic rings. The van der Waals surface area contributed by atoms with Gasteiger partial charge in [-0.15, -0.1) is 11.8 Å². The van der Waals surface area contributed by atoms with Gasteiger partial charge in [0.2, 0.25) is 21.8 Å². The standard InChI is InChI=1S/C28H27N3O6S2/c29-39(36,37)22-16-12-20(13-17-22)31-27(33)25(18-6-2-1-3-7-18)38-21-14-10-19(11-15-21)30-26(32)23-8-4-5-9-24(23)28(34)35/h1-7,10-17,23-25H,8-9H2,(H,30,32)(H,31,33)(H,34,35)(H2,29,36,37). The van der Waals surface area contributed by atoms with Crippen LogP contribution < -0.4 is 15.8 Å². The third-order valence-electron chi connectivity index (χ3n) is 6.25. The Labute approximate surface area is 230 Å². The molecule has 5 N–H and O–H groups in total. The van der Waals surface area contributed by atoms with Gasteiger partial charge in [-0.25, -0.2) is 13.6 Å². The first-order valence-corrected chi connectivity index (χ1v) is 14.5. The Morgan fingerprint density at radius 2 is 1.38 bits per heavy atom. The van der Waals surface area contributed by atoms with Gasteiger partial charge in [-0.05, 0) is 66.9 Å². The summed E-state index contributed by atoms with van der Waals surface area (Å²) in [6.07, 6.45) is 4.30. The van der Waals surface area contributed by atoms with Gasteiger partial charge in [-0.3, -0.25) is 14.4 Å². The molecule has 0 saturated carbocycles. The second-order valence-electron chi connectivity index (χ2n) is 8.97. The van der Waals surface area contributed by atoms with Crippen LogP contribution in [-0.4, -0.2) is 31.3 Å². The summed E-state index contributed by atoms with van der Waals surface area (Å²) < 4.78 is 23.0. The predicted octanol–water partition coefficient (Wildman–Crippen LogP) is 4.41. The average Bonchev–Trinajstić information content (AvgIpc) is 2.92. The predicted molar refractivity (Wildman–Crippen MR) is 150 cm³/mol. The van der Waals surface area contributed by atoms with Crippen molar-refractivity contribution in [1.82, 2.24) is 0 Å². The summed E-state index contributed by atoms with van der Waals surface area (Å²) in [4.78, 5) is 38.3. The van der Waals surface area contributed by atoms with Crippen LogP contribution in [0.25, 0.3) is 0 Å². The molecule has 0 radical (unpaired) electrons. The number of primary sulfonamides is 1. The van der Waals surface area contributed by atoms with E-state index in [-0.39, 0.29) is 16.7 Å². The molecule has 4 rings (SSSR count). The van der Waals surface area contributed by atoms with Crippen molar-refractivity contribution in [2.45, 2.75) is 27.9 Å². The van der Waals surface area contributed by atoms with Gasteiger partial charge < -0.3 is 15.7 Å². The number of carboxylic acids is 1. The first kappa shape index (κ1) is 28.1. The van der Waals surface area contributed by atoms with Crippen molar-refractivity contribution < 1.29 is 27.9 Å². The lowest BCUT2D eigenvalue weighted by Gasteiger charge is -2.24. The third kappa shape index (κ3) is 7.34. The van der Waals surface area contributed by atoms with Gasteiger partial charge >= 0.3 is 5.97 Å². The minimum atomic E-state index is -3.84. The van der Waals surface area contributed by atoms with Crippen molar-refractivity contribution in [3.63, 3.8) is 0 Å². The monoisotopic (exact) mass is 565 g/mol. The van der Waals surface area contributed by atoms with E-state index < -0.39 is 33.1 Å². The van der Waals surface area contributed by atoms with Crippen LogP contribution in [0.15, 0.2) is 101 Å². The Morgan fingerprint density at radius 3 is 1.97 bits per heavy atom. The maximum absolute atomic E-state index is 13.3. The topological polar surface area (TPSA) is 156 Å². The Bertz CT molecular complexity index is 1470. The highest BCUT2D eigenvalue weighted by atomic mass is 32.2. The Hall–Kier alpha value is -3.93. The highest BCUT2D eigenvalue weighted by molar-refractivity contribution is 8.00. The fourth-order valence-electron chi connectivity index (χ4n) is 4.20. The molecular weight excluding hydrogens is 538 g/mol. The summed E-state index contributed by atoms with van der Waals surface area (Å²) in [7, 11) is -3.84. The van der Waals surface area contributed by atoms with E-state index in [1.165, 1.54) is 36.0 Å². The molecule has 1 aliphatic carbocycles. The van der Waals surface area contributed by atoms with E-state index in [1.807, 2.05) is 36.4 Å². The minimum absolute atomic E-state index is 0.0555. The second kappa shape index (κ2) is 12.3. The van der Waals surface area contributed by atoms with Crippen LogP contribution in [0.1, 0.15) is 23.7 Å². The summed E-state index contributed by atoms with van der Waals surface area (Å²) in [6.45, 7) is 0. The number of amides is 2. The molecule has 0 spiro atoms. The van der Waals surface area contributed by atoms with Crippen molar-refractivity contribution in [2.24, 2.45) is 17.0 Å². The van der Waals surface area contributed by atoms with E-state index in [2.05, 4.69) is 10.6 Å². The molecule has 9 nitrogen and oxygen atoms in total. The van der Waals surface area contributed by atoms with Crippen molar-refractivity contribution in [2.75, 3.05) is 10.6 Å². The summed E-state index contributed by atoms with van der Waals surface area (Å²) in [5.41, 5.74) is 1.71. The van der Waals surface area contributed by atoms with Gasteiger partial charge in [0.1, 0.15) is 5.25 Å². The number of anilines is 2. The molecular formula is C28H27N3O6S2. The van der Waals surface area contributed by atoms with E-state index in [0.29, 0.717) is 24.2 Å². The molecule has 0 bridgehead atoms. The minimum Gasteiger partial charge on any atom is -0.481 e. The van der Waals surface area contributed by atoms with Crippen molar-refractivity contribution in [1.29, 1.82) is 0 Å². The number of thioether (sulfide) groups is 1. The van der Waals surface area contributed by atoms with E-state index in [4.69, 9.17) is 5.14 Å². The SMILES string of the molecule is NS(=O)(=O)c1ccc(NC(=O)C(Sc2ccc(NC(=O)C3CC=CCC3C(=O)O)cc2)c2ccccc2)cc1. The number of hydrogen-bond acceptors (Lipinski definition) is 6. The van der Waals surface area contributed by atoms with Crippen LogP contribution in [-0.2, 0) is 24.4 Å². The first-order valence-electron chi connectivity index (χ1n) is 12.1. The number of carbonyl (C=O) groups excluding carboxylic acids is 2. The van der Waals surface area contributed by atoms with Gasteiger partial charge in [-0.1, -0.05) is 42.5 Å². The Balaban J connectivity index is 1.46. The van der Waals surface area contributed by atoms with E-state index in [1.54, 1.807) is 30.3 Å². The zero-order chi connectivity index (χ0) is 28.0. The number of aliphatic carboxylic acids is 1. The maximum atomic E-state index is 13.3. The molecule has 39 heavy (non-hydrogen) atoms. The molecule has 3 aromatic carbocycles. The van der Waals surface area contributed by atoms with E-state index >= 15 is 0 Å². The summed E-state index contributed by atoms with van der Waals surface area (Å²) in [5, 5.41) is 19.6. The smallest absolute Gasteiger partial charge is 0.307 e. The molecule has 0 aliphatic heterocycles. The van der Waals surface area contributed by atoms with Crippen LogP contribution in [0.3, 0.4) is 0 Å². The average molecular weight is 566 g/mol. The van der Waals surface area contributed by atoms with Crippen LogP contribution >= 0.6 is 11.8 Å². The number of hydrogen-bond donors (Lipinski definition) is 4. The zero-order valence-electron chi connectivity index (χ0n) is 20.7. The van der Waals surface area contributed by atoms with Gasteiger partial charge in [0.15, 0.2) is 0 Å². The number of nitrogens with one attached hydrogen (secondary N) is 2. The molecule has 3 atom stereocenters. The fourth-order valence-corrected chi connectivity index (χ4v) is 5.74. The van der Waals surface area contributed by atoms with Crippen LogP contribution in [0.5, 0.6) is 0 Å². The Kier molecular flexibility index (Phi) is 8.85. The highest BCUT2D eigenvalue weighted by Crippen LogP contribution is 2.37. The molecule has 202 valence electrons. The highest BCUT2D eigenvalue weighted by Gasteiger charge is 2.34. The van der Waals surface area contributed by atoms with Crippen LogP contribution in [0, 0.1) is 11.8 Å². The van der Waals surface area contributed by atoms with Gasteiger partial charge in [0.25, 0.3) is 0 Å². The van der Waals surface area contributed by atoms with Crippen LogP contribution in [0.4, 0.5) is 11.4 Å². The molecule has 0 fully saturated rings. The zero-order valence-corrected chi connectivity index (χ0v) is 22.3. The number of allylic oxidation sites excluding steroid dienone is 2. The lowest BCUT2D eigenvalue weighted by atomic mass is 9.82. The number of rotatable bonds is 9. The molecule has 2 amide bonds. The summed E-state index contributed by atoms with van der Waals surface area (Å²) in [5.74, 6) is -3.05. The number of benzene rings is 3. The number of carboxylic acid groups (broad SMARTS) is 1. The second-order valence-corrected chi connectivity index (χ2v) is 11.7. The largest absolute Gasteiger partial charge is 0.481 e. The van der Waals surface area contributed by atoms with Crippen LogP contribution in [0.2, 0.25) is 0 Å². The molecule has 3 unspecified atom stereocenters. The van der Waals surface area contributed by atoms with E-state index in [9.17, 15) is 27.9 Å². The van der Waals surface area contributed by atoms with Crippen molar-refractivity contribution in [3.05, 3.63) is 96.6 Å². The summed E-state index contributed by atoms with van der Waals surface area (Å²) >= 11 is 1.31. The molecule has 11 heteroatoms.